The summed E-state index contributed by atoms with van der Waals surface area (Å²) in [6.45, 7) is 1.86. The lowest BCUT2D eigenvalue weighted by Gasteiger charge is -2.19. The van der Waals surface area contributed by atoms with Crippen LogP contribution in [0.4, 0.5) is 5.69 Å². The summed E-state index contributed by atoms with van der Waals surface area (Å²) in [5.41, 5.74) is 2.32. The highest BCUT2D eigenvalue weighted by atomic mass is 16.5. The molecule has 76 valence electrons. The average molecular weight is 193 g/mol. The molecule has 1 aliphatic heterocycles. The molecule has 1 heterocycles. The van der Waals surface area contributed by atoms with E-state index in [2.05, 4.69) is 17.4 Å². The fraction of sp³-hybridized carbons (Fsp3) is 0.455. The highest BCUT2D eigenvalue weighted by molar-refractivity contribution is 5.59. The van der Waals surface area contributed by atoms with Crippen LogP contribution in [0, 0.1) is 0 Å². The van der Waals surface area contributed by atoms with E-state index in [1.165, 1.54) is 5.56 Å². The van der Waals surface area contributed by atoms with Crippen molar-refractivity contribution < 1.29 is 9.84 Å². The van der Waals surface area contributed by atoms with Crippen LogP contribution in [0.3, 0.4) is 0 Å². The molecule has 0 bridgehead atoms. The van der Waals surface area contributed by atoms with Gasteiger partial charge in [-0.1, -0.05) is 6.07 Å². The lowest BCUT2D eigenvalue weighted by Crippen LogP contribution is -2.18. The minimum Gasteiger partial charge on any atom is -0.490 e. The Hall–Kier alpha value is -1.22. The van der Waals surface area contributed by atoms with Gasteiger partial charge in [-0.3, -0.25) is 0 Å². The summed E-state index contributed by atoms with van der Waals surface area (Å²) in [6.07, 6.45) is 1.74. The molecule has 3 nitrogen and oxygen atoms in total. The molecule has 0 radical (unpaired) electrons. The second kappa shape index (κ2) is 4.33. The lowest BCUT2D eigenvalue weighted by atomic mass is 10.1. The van der Waals surface area contributed by atoms with Crippen LogP contribution in [-0.4, -0.2) is 24.9 Å². The predicted molar refractivity (Wildman–Crippen MR) is 55.8 cm³/mol. The van der Waals surface area contributed by atoms with Crippen molar-refractivity contribution in [3.8, 4) is 5.75 Å². The number of anilines is 1. The summed E-state index contributed by atoms with van der Waals surface area (Å²) < 4.78 is 5.47. The number of aliphatic hydroxyl groups excluding tert-OH is 1. The van der Waals surface area contributed by atoms with Gasteiger partial charge < -0.3 is 15.2 Å². The number of ether oxygens (including phenoxy) is 1. The first-order chi connectivity index (χ1) is 6.90. The zero-order valence-electron chi connectivity index (χ0n) is 8.12. The van der Waals surface area contributed by atoms with E-state index in [9.17, 15) is 0 Å². The SMILES string of the molecule is OCCCc1ccc2c(c1)NCCO2. The predicted octanol–water partition coefficient (Wildman–Crippen LogP) is 1.42. The number of hydrogen-bond acceptors (Lipinski definition) is 3. The molecule has 0 saturated heterocycles. The van der Waals surface area contributed by atoms with Crippen LogP contribution < -0.4 is 10.1 Å². The van der Waals surface area contributed by atoms with E-state index in [-0.39, 0.29) is 6.61 Å². The van der Waals surface area contributed by atoms with Gasteiger partial charge in [0.1, 0.15) is 12.4 Å². The molecular weight excluding hydrogens is 178 g/mol. The number of fused-ring (bicyclic) bond motifs is 1. The standard InChI is InChI=1S/C11H15NO2/c13-6-1-2-9-3-4-11-10(8-9)12-5-7-14-11/h3-4,8,12-13H,1-2,5-7H2. The van der Waals surface area contributed by atoms with Crippen LogP contribution in [0.2, 0.25) is 0 Å². The Balaban J connectivity index is 2.12. The van der Waals surface area contributed by atoms with Gasteiger partial charge >= 0.3 is 0 Å². The maximum Gasteiger partial charge on any atom is 0.142 e. The Morgan fingerprint density at radius 3 is 3.21 bits per heavy atom. The number of nitrogens with one attached hydrogen (secondary N) is 1. The normalized spacial score (nSPS) is 14.1. The van der Waals surface area contributed by atoms with Gasteiger partial charge in [-0.15, -0.1) is 0 Å². The van der Waals surface area contributed by atoms with E-state index in [0.29, 0.717) is 0 Å². The van der Waals surface area contributed by atoms with E-state index in [1.807, 2.05) is 6.07 Å². The quantitative estimate of drug-likeness (QED) is 0.762. The third-order valence-corrected chi connectivity index (χ3v) is 2.34. The molecule has 0 aliphatic carbocycles. The maximum atomic E-state index is 8.73. The van der Waals surface area contributed by atoms with Crippen molar-refractivity contribution in [1.82, 2.24) is 0 Å². The molecule has 0 aromatic heterocycles. The van der Waals surface area contributed by atoms with Crippen LogP contribution in [0.15, 0.2) is 18.2 Å². The first kappa shape index (κ1) is 9.34. The largest absolute Gasteiger partial charge is 0.490 e. The lowest BCUT2D eigenvalue weighted by molar-refractivity contribution is 0.288. The van der Waals surface area contributed by atoms with E-state index in [0.717, 1.165) is 37.4 Å². The topological polar surface area (TPSA) is 41.5 Å². The van der Waals surface area contributed by atoms with Crippen molar-refractivity contribution in [3.05, 3.63) is 23.8 Å². The van der Waals surface area contributed by atoms with Gasteiger partial charge in [0, 0.05) is 13.2 Å². The number of benzene rings is 1. The fourth-order valence-corrected chi connectivity index (χ4v) is 1.63. The molecule has 1 aromatic carbocycles. The van der Waals surface area contributed by atoms with E-state index in [4.69, 9.17) is 9.84 Å². The molecule has 0 saturated carbocycles. The van der Waals surface area contributed by atoms with Gasteiger partial charge in [0.25, 0.3) is 0 Å². The number of rotatable bonds is 3. The van der Waals surface area contributed by atoms with Crippen LogP contribution in [0.5, 0.6) is 5.75 Å². The molecule has 2 N–H and O–H groups in total. The second-order valence-corrected chi connectivity index (χ2v) is 3.43. The summed E-state index contributed by atoms with van der Waals surface area (Å²) in [6, 6.07) is 6.15. The van der Waals surface area contributed by atoms with Crippen molar-refractivity contribution in [1.29, 1.82) is 0 Å². The third-order valence-electron chi connectivity index (χ3n) is 2.34. The fourth-order valence-electron chi connectivity index (χ4n) is 1.63. The Kier molecular flexibility index (Phi) is 2.89. The molecule has 0 fully saturated rings. The maximum absolute atomic E-state index is 8.73. The van der Waals surface area contributed by atoms with Gasteiger partial charge in [0.05, 0.1) is 5.69 Å². The molecule has 2 rings (SSSR count). The molecule has 0 atom stereocenters. The molecule has 3 heteroatoms. The summed E-state index contributed by atoms with van der Waals surface area (Å²) in [5.74, 6) is 0.934. The number of aliphatic hydroxyl groups is 1. The summed E-state index contributed by atoms with van der Waals surface area (Å²) in [7, 11) is 0. The Labute approximate surface area is 83.7 Å². The van der Waals surface area contributed by atoms with Crippen LogP contribution >= 0.6 is 0 Å². The van der Waals surface area contributed by atoms with Crippen LogP contribution in [-0.2, 0) is 6.42 Å². The summed E-state index contributed by atoms with van der Waals surface area (Å²) in [5, 5.41) is 12.0. The van der Waals surface area contributed by atoms with Gasteiger partial charge in [0.2, 0.25) is 0 Å². The highest BCUT2D eigenvalue weighted by Crippen LogP contribution is 2.28. The smallest absolute Gasteiger partial charge is 0.142 e. The Morgan fingerprint density at radius 2 is 2.36 bits per heavy atom. The van der Waals surface area contributed by atoms with Crippen molar-refractivity contribution in [2.24, 2.45) is 0 Å². The zero-order chi connectivity index (χ0) is 9.80. The van der Waals surface area contributed by atoms with Crippen LogP contribution in [0.25, 0.3) is 0 Å². The van der Waals surface area contributed by atoms with E-state index >= 15 is 0 Å². The third kappa shape index (κ3) is 1.99. The van der Waals surface area contributed by atoms with Crippen molar-refractivity contribution in [2.45, 2.75) is 12.8 Å². The number of hydrogen-bond donors (Lipinski definition) is 2. The van der Waals surface area contributed by atoms with Gasteiger partial charge in [0.15, 0.2) is 0 Å². The number of aryl methyl sites for hydroxylation is 1. The first-order valence-electron chi connectivity index (χ1n) is 5.00. The summed E-state index contributed by atoms with van der Waals surface area (Å²) in [4.78, 5) is 0. The summed E-state index contributed by atoms with van der Waals surface area (Å²) >= 11 is 0. The van der Waals surface area contributed by atoms with Gasteiger partial charge in [-0.05, 0) is 30.5 Å². The van der Waals surface area contributed by atoms with Crippen LogP contribution in [0.1, 0.15) is 12.0 Å². The van der Waals surface area contributed by atoms with Crippen molar-refractivity contribution in [2.75, 3.05) is 25.1 Å². The molecule has 14 heavy (non-hydrogen) atoms. The zero-order valence-corrected chi connectivity index (χ0v) is 8.12. The molecule has 1 aliphatic rings. The average Bonchev–Trinajstić information content (AvgIpc) is 2.26. The molecular formula is C11H15NO2. The second-order valence-electron chi connectivity index (χ2n) is 3.43. The Bertz CT molecular complexity index is 312. The van der Waals surface area contributed by atoms with Gasteiger partial charge in [-0.2, -0.15) is 0 Å². The molecule has 0 spiro atoms. The minimum atomic E-state index is 0.251. The minimum absolute atomic E-state index is 0.251. The van der Waals surface area contributed by atoms with Gasteiger partial charge in [-0.25, -0.2) is 0 Å². The molecule has 1 aromatic rings. The monoisotopic (exact) mass is 193 g/mol. The van der Waals surface area contributed by atoms with E-state index < -0.39 is 0 Å². The van der Waals surface area contributed by atoms with Crippen molar-refractivity contribution >= 4 is 5.69 Å². The van der Waals surface area contributed by atoms with E-state index in [1.54, 1.807) is 0 Å². The molecule has 0 amide bonds. The Morgan fingerprint density at radius 1 is 1.43 bits per heavy atom. The molecule has 0 unspecified atom stereocenters. The first-order valence-corrected chi connectivity index (χ1v) is 5.00. The highest BCUT2D eigenvalue weighted by Gasteiger charge is 2.09. The van der Waals surface area contributed by atoms with Crippen molar-refractivity contribution in [3.63, 3.8) is 0 Å².